The highest BCUT2D eigenvalue weighted by Crippen LogP contribution is 2.45. The number of pyridine rings is 2. The molecule has 0 aliphatic carbocycles. The van der Waals surface area contributed by atoms with Crippen LogP contribution in [-0.4, -0.2) is 34.3 Å². The fourth-order valence-electron chi connectivity index (χ4n) is 7.03. The van der Waals surface area contributed by atoms with Crippen LogP contribution in [0.2, 0.25) is 0 Å². The minimum absolute atomic E-state index is 0.0786. The maximum Gasteiger partial charge on any atom is 0.330 e. The van der Waals surface area contributed by atoms with Crippen LogP contribution in [0.1, 0.15) is 38.8 Å². The third-order valence-corrected chi connectivity index (χ3v) is 9.34. The molecule has 227 valence electrons. The predicted molar refractivity (Wildman–Crippen MR) is 194 cm³/mol. The zero-order valence-electron chi connectivity index (χ0n) is 27.3. The predicted octanol–water partition coefficient (Wildman–Crippen LogP) is 9.10. The zero-order chi connectivity index (χ0) is 32.2. The molecular weight excluding hydrogens is 563 g/mol. The van der Waals surface area contributed by atoms with Gasteiger partial charge in [-0.3, -0.25) is 0 Å². The molecule has 0 bridgehead atoms. The Bertz CT molecular complexity index is 2250. The van der Waals surface area contributed by atoms with Crippen LogP contribution in [0, 0.1) is 19.8 Å². The van der Waals surface area contributed by atoms with Gasteiger partial charge in [-0.2, -0.15) is 0 Å². The smallest absolute Gasteiger partial charge is 0.330 e. The van der Waals surface area contributed by atoms with Crippen LogP contribution in [0.25, 0.3) is 65.9 Å². The molecule has 0 aliphatic heterocycles. The number of hydrogen-bond acceptors (Lipinski definition) is 4. The van der Waals surface area contributed by atoms with Crippen LogP contribution in [0.3, 0.4) is 0 Å². The lowest BCUT2D eigenvalue weighted by Gasteiger charge is -2.33. The summed E-state index contributed by atoms with van der Waals surface area (Å²) < 4.78 is 6.18. The largest absolute Gasteiger partial charge is 0.427 e. The van der Waals surface area contributed by atoms with Crippen LogP contribution in [0.4, 0.5) is 0 Å². The van der Waals surface area contributed by atoms with Gasteiger partial charge in [0, 0.05) is 32.7 Å². The Hall–Kier alpha value is -4.58. The van der Waals surface area contributed by atoms with E-state index in [1.165, 1.54) is 27.3 Å². The molecule has 4 nitrogen and oxygen atoms in total. The Morgan fingerprint density at radius 3 is 1.70 bits per heavy atom. The first-order valence-electron chi connectivity index (χ1n) is 16.0. The summed E-state index contributed by atoms with van der Waals surface area (Å²) in [4.78, 5) is 10.6. The quantitative estimate of drug-likeness (QED) is 0.113. The number of nitrogens with zero attached hydrogens (tertiary/aromatic N) is 2. The minimum Gasteiger partial charge on any atom is -0.427 e. The molecule has 1 unspecified atom stereocenters. The van der Waals surface area contributed by atoms with Crippen molar-refractivity contribution < 1.29 is 9.76 Å². The van der Waals surface area contributed by atoms with Crippen molar-refractivity contribution in [2.45, 2.75) is 53.2 Å². The summed E-state index contributed by atoms with van der Waals surface area (Å²) in [5.41, 5.74) is 8.55. The van der Waals surface area contributed by atoms with E-state index in [1.54, 1.807) is 7.48 Å². The number of para-hydroxylation sites is 1. The first-order chi connectivity index (χ1) is 22.2. The maximum absolute atomic E-state index is 10.7. The summed E-state index contributed by atoms with van der Waals surface area (Å²) >= 11 is 0. The summed E-state index contributed by atoms with van der Waals surface area (Å²) in [5, 5.41) is 17.7. The highest BCUT2D eigenvalue weighted by atomic mass is 16.5. The molecule has 1 N–H and O–H groups in total. The molecule has 0 amide bonds. The fourth-order valence-corrected chi connectivity index (χ4v) is 7.03. The van der Waals surface area contributed by atoms with Crippen molar-refractivity contribution >= 4 is 56.3 Å². The lowest BCUT2D eigenvalue weighted by atomic mass is 9.82. The number of fused-ring (bicyclic) bond motifs is 6. The van der Waals surface area contributed by atoms with Crippen LogP contribution in [0.5, 0.6) is 0 Å². The Kier molecular flexibility index (Phi) is 7.63. The Labute approximate surface area is 271 Å². The molecule has 2 heterocycles. The molecular formula is C41H38BN2O2. The molecule has 0 fully saturated rings. The van der Waals surface area contributed by atoms with Gasteiger partial charge in [0.2, 0.25) is 0 Å². The fraction of sp³-hybridized carbons (Fsp3) is 0.220. The summed E-state index contributed by atoms with van der Waals surface area (Å²) in [6.07, 6.45) is -0.599. The normalized spacial score (nSPS) is 12.9. The SMILES string of the molecule is Cc1c2c(-c3ccccc3)nc3cc([B]OC(C)(C)C(O)C(C)C)ccc3c2c(C)c2c(-c3ccccc3)nc3ccccc3c12. The molecule has 5 heteroatoms. The highest BCUT2D eigenvalue weighted by molar-refractivity contribution is 6.47. The van der Waals surface area contributed by atoms with Crippen LogP contribution in [-0.2, 0) is 4.65 Å². The summed E-state index contributed by atoms with van der Waals surface area (Å²) in [6.45, 7) is 12.3. The number of hydrogen-bond donors (Lipinski definition) is 1. The van der Waals surface area contributed by atoms with Crippen molar-refractivity contribution in [1.29, 1.82) is 0 Å². The van der Waals surface area contributed by atoms with E-state index in [0.717, 1.165) is 55.2 Å². The highest BCUT2D eigenvalue weighted by Gasteiger charge is 2.31. The first-order valence-corrected chi connectivity index (χ1v) is 16.0. The number of benzene rings is 5. The van der Waals surface area contributed by atoms with Crippen molar-refractivity contribution in [1.82, 2.24) is 9.97 Å². The van der Waals surface area contributed by atoms with Gasteiger partial charge in [0.05, 0.1) is 34.1 Å². The van der Waals surface area contributed by atoms with Gasteiger partial charge < -0.3 is 9.76 Å². The van der Waals surface area contributed by atoms with Crippen molar-refractivity contribution in [2.75, 3.05) is 0 Å². The van der Waals surface area contributed by atoms with E-state index >= 15 is 0 Å². The summed E-state index contributed by atoms with van der Waals surface area (Å²) in [6, 6.07) is 35.8. The Morgan fingerprint density at radius 1 is 0.630 bits per heavy atom. The Morgan fingerprint density at radius 2 is 1.13 bits per heavy atom. The van der Waals surface area contributed by atoms with Gasteiger partial charge >= 0.3 is 7.48 Å². The van der Waals surface area contributed by atoms with Crippen LogP contribution in [0.15, 0.2) is 103 Å². The molecule has 5 aromatic carbocycles. The Balaban J connectivity index is 1.56. The third kappa shape index (κ3) is 5.04. The van der Waals surface area contributed by atoms with E-state index in [9.17, 15) is 5.11 Å². The molecule has 2 aromatic heterocycles. The van der Waals surface area contributed by atoms with Gasteiger partial charge in [-0.15, -0.1) is 0 Å². The monoisotopic (exact) mass is 601 g/mol. The van der Waals surface area contributed by atoms with Gasteiger partial charge in [-0.25, -0.2) is 9.97 Å². The number of aryl methyl sites for hydroxylation is 2. The lowest BCUT2D eigenvalue weighted by Crippen LogP contribution is -2.44. The van der Waals surface area contributed by atoms with Gasteiger partial charge in [-0.1, -0.05) is 110 Å². The van der Waals surface area contributed by atoms with Gasteiger partial charge in [0.25, 0.3) is 0 Å². The van der Waals surface area contributed by atoms with E-state index < -0.39 is 11.7 Å². The van der Waals surface area contributed by atoms with E-state index in [1.807, 2.05) is 33.8 Å². The second kappa shape index (κ2) is 11.7. The van der Waals surface area contributed by atoms with E-state index in [-0.39, 0.29) is 5.92 Å². The molecule has 0 saturated carbocycles. The van der Waals surface area contributed by atoms with E-state index in [4.69, 9.17) is 14.6 Å². The number of aromatic nitrogens is 2. The topological polar surface area (TPSA) is 55.2 Å². The van der Waals surface area contributed by atoms with Crippen molar-refractivity contribution in [2.24, 2.45) is 5.92 Å². The molecule has 7 aromatic rings. The number of aliphatic hydroxyl groups is 1. The second-order valence-corrected chi connectivity index (χ2v) is 13.2. The average molecular weight is 602 g/mol. The van der Waals surface area contributed by atoms with Gasteiger partial charge in [0.15, 0.2) is 0 Å². The molecule has 0 spiro atoms. The summed E-state index contributed by atoms with van der Waals surface area (Å²) in [7, 11) is 1.75. The van der Waals surface area contributed by atoms with Crippen LogP contribution >= 0.6 is 0 Å². The van der Waals surface area contributed by atoms with Crippen molar-refractivity contribution in [3.05, 3.63) is 114 Å². The van der Waals surface area contributed by atoms with Gasteiger partial charge in [-0.05, 0) is 67.6 Å². The van der Waals surface area contributed by atoms with Crippen molar-refractivity contribution in [3.8, 4) is 22.5 Å². The molecule has 7 rings (SSSR count). The standard InChI is InChI=1S/C41H38BN2O2/c1-24(2)40(45)41(5,6)46-42-29-21-22-31-33(23-29)44-39(28-17-11-8-12-18-28)37-25(3)34-30-19-13-14-20-32(30)43-38(27-15-9-7-10-16-27)36(34)26(4)35(31)37/h7-24,40,45H,1-6H3. The summed E-state index contributed by atoms with van der Waals surface area (Å²) in [5.74, 6) is 0.0786. The van der Waals surface area contributed by atoms with E-state index in [0.29, 0.717) is 0 Å². The molecule has 46 heavy (non-hydrogen) atoms. The first kappa shape index (κ1) is 30.1. The lowest BCUT2D eigenvalue weighted by molar-refractivity contribution is -0.0499. The molecule has 0 aliphatic rings. The number of rotatable bonds is 7. The molecule has 1 atom stereocenters. The second-order valence-electron chi connectivity index (χ2n) is 13.2. The van der Waals surface area contributed by atoms with Crippen molar-refractivity contribution in [3.63, 3.8) is 0 Å². The number of aliphatic hydroxyl groups excluding tert-OH is 1. The van der Waals surface area contributed by atoms with E-state index in [2.05, 4.69) is 111 Å². The molecule has 0 saturated heterocycles. The van der Waals surface area contributed by atoms with Crippen LogP contribution < -0.4 is 5.46 Å². The maximum atomic E-state index is 10.7. The molecule has 1 radical (unpaired) electrons. The zero-order valence-corrected chi connectivity index (χ0v) is 27.3. The average Bonchev–Trinajstić information content (AvgIpc) is 3.08. The third-order valence-electron chi connectivity index (χ3n) is 9.34. The van der Waals surface area contributed by atoms with Gasteiger partial charge in [0.1, 0.15) is 0 Å². The minimum atomic E-state index is -0.731.